The van der Waals surface area contributed by atoms with Crippen molar-refractivity contribution < 1.29 is 18.7 Å². The lowest BCUT2D eigenvalue weighted by Gasteiger charge is -2.13. The Morgan fingerprint density at radius 1 is 1.14 bits per heavy atom. The van der Waals surface area contributed by atoms with Gasteiger partial charge in [0.1, 0.15) is 17.1 Å². The second kappa shape index (κ2) is 10.7. The number of nitrogens with one attached hydrogen (secondary N) is 1. The molecule has 1 N–H and O–H groups in total. The van der Waals surface area contributed by atoms with Crippen molar-refractivity contribution in [2.75, 3.05) is 25.3 Å². The van der Waals surface area contributed by atoms with Gasteiger partial charge < -0.3 is 19.2 Å². The zero-order valence-electron chi connectivity index (χ0n) is 20.6. The monoisotopic (exact) mass is 487 g/mol. The number of allylic oxidation sites excluding steroid dienone is 1. The lowest BCUT2D eigenvalue weighted by Crippen LogP contribution is -2.08. The summed E-state index contributed by atoms with van der Waals surface area (Å²) in [6.07, 6.45) is 5.37. The number of hydrogen-bond donors (Lipinski definition) is 1. The summed E-state index contributed by atoms with van der Waals surface area (Å²) in [5.41, 5.74) is 6.05. The highest BCUT2D eigenvalue weighted by Gasteiger charge is 2.19. The number of ether oxygens (including phenoxy) is 2. The van der Waals surface area contributed by atoms with Gasteiger partial charge in [-0.2, -0.15) is 0 Å². The number of rotatable bonds is 8. The average molecular weight is 488 g/mol. The average Bonchev–Trinajstić information content (AvgIpc) is 3.29. The quantitative estimate of drug-likeness (QED) is 0.205. The van der Waals surface area contributed by atoms with E-state index >= 15 is 0 Å². The Morgan fingerprint density at radius 2 is 1.91 bits per heavy atom. The molecule has 0 spiro atoms. The molecule has 0 aliphatic heterocycles. The molecule has 0 unspecified atom stereocenters. The van der Waals surface area contributed by atoms with Crippen LogP contribution in [0.5, 0.6) is 11.5 Å². The van der Waals surface area contributed by atoms with Gasteiger partial charge in [-0.25, -0.2) is 0 Å². The number of methoxy groups -OCH3 is 1. The summed E-state index contributed by atoms with van der Waals surface area (Å²) in [5, 5.41) is 3.92. The summed E-state index contributed by atoms with van der Waals surface area (Å²) in [4.78, 5) is 13.9. The van der Waals surface area contributed by atoms with Gasteiger partial charge in [0, 0.05) is 38.7 Å². The topological polar surface area (TPSA) is 60.7 Å². The normalized spacial score (nSPS) is 11.5. The van der Waals surface area contributed by atoms with Gasteiger partial charge in [0.05, 0.1) is 20.0 Å². The summed E-state index contributed by atoms with van der Waals surface area (Å²) in [5.74, 6) is 1.32. The number of amides is 1. The van der Waals surface area contributed by atoms with E-state index in [1.807, 2.05) is 81.6 Å². The van der Waals surface area contributed by atoms with Crippen LogP contribution < -0.4 is 14.8 Å². The van der Waals surface area contributed by atoms with Crippen LogP contribution in [-0.2, 0) is 4.79 Å². The predicted octanol–water partition coefficient (Wildman–Crippen LogP) is 7.58. The highest BCUT2D eigenvalue weighted by atomic mass is 32.2. The first-order valence-electron chi connectivity index (χ1n) is 11.4. The largest absolute Gasteiger partial charge is 0.496 e. The lowest BCUT2D eigenvalue weighted by molar-refractivity contribution is -0.111. The third-order valence-corrected chi connectivity index (χ3v) is 6.56. The molecule has 1 heterocycles. The van der Waals surface area contributed by atoms with Gasteiger partial charge in [-0.3, -0.25) is 4.79 Å². The number of fused-ring (bicyclic) bond motifs is 1. The molecular formula is C29H29NO4S. The van der Waals surface area contributed by atoms with Crippen LogP contribution in [0.25, 0.3) is 27.7 Å². The van der Waals surface area contributed by atoms with E-state index in [0.29, 0.717) is 12.4 Å². The summed E-state index contributed by atoms with van der Waals surface area (Å²) in [7, 11) is 1.63. The second-order valence-electron chi connectivity index (χ2n) is 8.11. The van der Waals surface area contributed by atoms with Crippen LogP contribution in [0.1, 0.15) is 25.0 Å². The van der Waals surface area contributed by atoms with Crippen LogP contribution in [0, 0.1) is 6.92 Å². The van der Waals surface area contributed by atoms with Gasteiger partial charge in [-0.05, 0) is 74.6 Å². The van der Waals surface area contributed by atoms with Gasteiger partial charge >= 0.3 is 0 Å². The van der Waals surface area contributed by atoms with Crippen LogP contribution in [0.2, 0.25) is 0 Å². The Bertz CT molecular complexity index is 1390. The Hall–Kier alpha value is -3.64. The number of benzene rings is 3. The Morgan fingerprint density at radius 3 is 2.60 bits per heavy atom. The minimum Gasteiger partial charge on any atom is -0.496 e. The predicted molar refractivity (Wildman–Crippen MR) is 145 cm³/mol. The van der Waals surface area contributed by atoms with E-state index in [0.717, 1.165) is 55.1 Å². The fourth-order valence-electron chi connectivity index (χ4n) is 4.15. The standard InChI is InChI=1S/C29H29NO4S/c1-6-33-22-12-10-20(11-13-22)26-17-34-29-19(3)28(32-4)24(16-25(26)29)18(2)14-27(31)30-21-8-7-9-23(15-21)35-5/h7-17H,6H2,1-5H3,(H,30,31)/b18-14+. The molecule has 1 aromatic heterocycles. The fourth-order valence-corrected chi connectivity index (χ4v) is 4.61. The molecule has 6 heteroatoms. The van der Waals surface area contributed by atoms with Crippen molar-refractivity contribution in [2.45, 2.75) is 25.7 Å². The van der Waals surface area contributed by atoms with E-state index in [2.05, 4.69) is 5.32 Å². The number of carbonyl (C=O) groups is 1. The van der Waals surface area contributed by atoms with Crippen molar-refractivity contribution in [3.05, 3.63) is 78.1 Å². The Labute approximate surface area is 210 Å². The Balaban J connectivity index is 1.71. The number of thioether (sulfide) groups is 1. The fraction of sp³-hybridized carbons (Fsp3) is 0.207. The summed E-state index contributed by atoms with van der Waals surface area (Å²) in [6.45, 7) is 6.47. The molecule has 1 amide bonds. The second-order valence-corrected chi connectivity index (χ2v) is 8.99. The first-order valence-corrected chi connectivity index (χ1v) is 12.6. The molecule has 3 aromatic carbocycles. The van der Waals surface area contributed by atoms with E-state index in [-0.39, 0.29) is 5.91 Å². The van der Waals surface area contributed by atoms with Crippen LogP contribution in [-0.4, -0.2) is 25.9 Å². The number of aryl methyl sites for hydroxylation is 1. The molecule has 0 bridgehead atoms. The highest BCUT2D eigenvalue weighted by Crippen LogP contribution is 2.40. The van der Waals surface area contributed by atoms with Crippen molar-refractivity contribution in [1.29, 1.82) is 0 Å². The number of carbonyl (C=O) groups excluding carboxylic acids is 1. The minimum atomic E-state index is -0.195. The summed E-state index contributed by atoms with van der Waals surface area (Å²) < 4.78 is 17.3. The Kier molecular flexibility index (Phi) is 7.51. The maximum atomic E-state index is 12.8. The number of hydrogen-bond acceptors (Lipinski definition) is 5. The zero-order chi connectivity index (χ0) is 24.9. The van der Waals surface area contributed by atoms with Crippen molar-refractivity contribution >= 4 is 39.9 Å². The maximum absolute atomic E-state index is 12.8. The molecule has 5 nitrogen and oxygen atoms in total. The van der Waals surface area contributed by atoms with Crippen LogP contribution >= 0.6 is 11.8 Å². The van der Waals surface area contributed by atoms with E-state index in [9.17, 15) is 4.79 Å². The first-order chi connectivity index (χ1) is 16.9. The highest BCUT2D eigenvalue weighted by molar-refractivity contribution is 7.98. The third kappa shape index (κ3) is 5.23. The molecule has 0 atom stereocenters. The third-order valence-electron chi connectivity index (χ3n) is 5.83. The molecule has 0 fully saturated rings. The van der Waals surface area contributed by atoms with Gasteiger partial charge in [-0.15, -0.1) is 11.8 Å². The smallest absolute Gasteiger partial charge is 0.248 e. The van der Waals surface area contributed by atoms with Gasteiger partial charge in [0.25, 0.3) is 0 Å². The van der Waals surface area contributed by atoms with Gasteiger partial charge in [-0.1, -0.05) is 18.2 Å². The van der Waals surface area contributed by atoms with Crippen molar-refractivity contribution in [1.82, 2.24) is 0 Å². The lowest BCUT2D eigenvalue weighted by atomic mass is 9.96. The molecule has 35 heavy (non-hydrogen) atoms. The maximum Gasteiger partial charge on any atom is 0.248 e. The van der Waals surface area contributed by atoms with E-state index in [1.54, 1.807) is 31.2 Å². The summed E-state index contributed by atoms with van der Waals surface area (Å²) >= 11 is 1.63. The number of anilines is 1. The zero-order valence-corrected chi connectivity index (χ0v) is 21.4. The number of furan rings is 1. The van der Waals surface area contributed by atoms with Crippen LogP contribution in [0.15, 0.2) is 76.2 Å². The first kappa shape index (κ1) is 24.5. The minimum absolute atomic E-state index is 0.195. The van der Waals surface area contributed by atoms with Crippen molar-refractivity contribution in [3.8, 4) is 22.6 Å². The molecule has 0 saturated heterocycles. The van der Waals surface area contributed by atoms with E-state index in [1.165, 1.54) is 0 Å². The van der Waals surface area contributed by atoms with Crippen molar-refractivity contribution in [2.24, 2.45) is 0 Å². The van der Waals surface area contributed by atoms with E-state index < -0.39 is 0 Å². The molecule has 4 rings (SSSR count). The molecule has 4 aromatic rings. The molecule has 0 aliphatic rings. The molecule has 0 radical (unpaired) electrons. The summed E-state index contributed by atoms with van der Waals surface area (Å²) in [6, 6.07) is 17.8. The molecule has 180 valence electrons. The molecular weight excluding hydrogens is 458 g/mol. The van der Waals surface area contributed by atoms with E-state index in [4.69, 9.17) is 13.9 Å². The van der Waals surface area contributed by atoms with Crippen LogP contribution in [0.4, 0.5) is 5.69 Å². The van der Waals surface area contributed by atoms with Gasteiger partial charge in [0.15, 0.2) is 0 Å². The van der Waals surface area contributed by atoms with Crippen molar-refractivity contribution in [3.63, 3.8) is 0 Å². The van der Waals surface area contributed by atoms with Gasteiger partial charge in [0.2, 0.25) is 5.91 Å². The van der Waals surface area contributed by atoms with Crippen LogP contribution in [0.3, 0.4) is 0 Å². The molecule has 0 saturated carbocycles. The SMILES string of the molecule is CCOc1ccc(-c2coc3c(C)c(OC)c(/C(C)=C/C(=O)Nc4cccc(SC)c4)cc23)cc1. The molecule has 0 aliphatic carbocycles.